The molecule has 1 amide bonds. The molecule has 0 radical (unpaired) electrons. The minimum Gasteiger partial charge on any atom is -0.366 e. The maximum atomic E-state index is 13.0. The predicted octanol–water partition coefficient (Wildman–Crippen LogP) is 2.55. The zero-order chi connectivity index (χ0) is 19.4. The molecule has 1 saturated heterocycles. The monoisotopic (exact) mass is 372 g/mol. The topological polar surface area (TPSA) is 92.7 Å². The van der Waals surface area contributed by atoms with Gasteiger partial charge in [-0.1, -0.05) is 12.1 Å². The highest BCUT2D eigenvalue weighted by molar-refractivity contribution is 5.94. The van der Waals surface area contributed by atoms with Crippen LogP contribution in [0.2, 0.25) is 0 Å². The smallest absolute Gasteiger partial charge is 0.293 e. The molecule has 7 nitrogen and oxygen atoms in total. The molecule has 1 aliphatic heterocycles. The molecule has 2 aromatic rings. The van der Waals surface area contributed by atoms with Gasteiger partial charge in [0.15, 0.2) is 0 Å². The second-order valence-corrected chi connectivity index (χ2v) is 6.57. The van der Waals surface area contributed by atoms with Crippen molar-refractivity contribution in [1.82, 2.24) is 4.90 Å². The van der Waals surface area contributed by atoms with Crippen LogP contribution in [-0.2, 0) is 6.54 Å². The molecule has 1 heterocycles. The summed E-state index contributed by atoms with van der Waals surface area (Å²) in [7, 11) is 0. The number of amides is 1. The van der Waals surface area contributed by atoms with Crippen molar-refractivity contribution in [3.63, 3.8) is 0 Å². The van der Waals surface area contributed by atoms with Crippen molar-refractivity contribution >= 4 is 17.3 Å². The molecular weight excluding hydrogens is 351 g/mol. The van der Waals surface area contributed by atoms with Gasteiger partial charge in [0.1, 0.15) is 11.5 Å². The van der Waals surface area contributed by atoms with Crippen molar-refractivity contribution in [2.24, 2.45) is 5.73 Å². The Morgan fingerprint density at radius 2 is 1.85 bits per heavy atom. The van der Waals surface area contributed by atoms with Gasteiger partial charge in [-0.25, -0.2) is 4.39 Å². The first kappa shape index (κ1) is 18.8. The van der Waals surface area contributed by atoms with Crippen molar-refractivity contribution in [2.75, 3.05) is 31.1 Å². The molecule has 0 atom stereocenters. The molecule has 0 saturated carbocycles. The summed E-state index contributed by atoms with van der Waals surface area (Å²) in [6.07, 6.45) is 0.843. The van der Waals surface area contributed by atoms with Crippen LogP contribution in [-0.4, -0.2) is 41.9 Å². The highest BCUT2D eigenvalue weighted by Gasteiger charge is 2.23. The number of primary amides is 1. The average Bonchev–Trinajstić information content (AvgIpc) is 2.88. The van der Waals surface area contributed by atoms with Crippen LogP contribution in [0.1, 0.15) is 22.3 Å². The van der Waals surface area contributed by atoms with E-state index in [1.54, 1.807) is 18.2 Å². The quantitative estimate of drug-likeness (QED) is 0.643. The van der Waals surface area contributed by atoms with Crippen LogP contribution in [0.4, 0.5) is 15.8 Å². The molecule has 0 bridgehead atoms. The molecule has 142 valence electrons. The summed E-state index contributed by atoms with van der Waals surface area (Å²) in [5.41, 5.74) is 6.77. The third kappa shape index (κ3) is 4.59. The van der Waals surface area contributed by atoms with Crippen molar-refractivity contribution < 1.29 is 14.1 Å². The van der Waals surface area contributed by atoms with Crippen molar-refractivity contribution in [2.45, 2.75) is 13.0 Å². The molecule has 2 N–H and O–H groups in total. The zero-order valence-electron chi connectivity index (χ0n) is 14.8. The van der Waals surface area contributed by atoms with Crippen molar-refractivity contribution in [3.8, 4) is 0 Å². The lowest BCUT2D eigenvalue weighted by molar-refractivity contribution is -0.384. The fourth-order valence-corrected chi connectivity index (χ4v) is 3.31. The first-order chi connectivity index (χ1) is 12.9. The van der Waals surface area contributed by atoms with Gasteiger partial charge in [-0.05, 0) is 36.2 Å². The van der Waals surface area contributed by atoms with Crippen LogP contribution in [0.3, 0.4) is 0 Å². The predicted molar refractivity (Wildman–Crippen MR) is 100 cm³/mol. The van der Waals surface area contributed by atoms with Crippen LogP contribution in [0.5, 0.6) is 0 Å². The second-order valence-electron chi connectivity index (χ2n) is 6.57. The zero-order valence-corrected chi connectivity index (χ0v) is 14.8. The summed E-state index contributed by atoms with van der Waals surface area (Å²) >= 11 is 0. The fraction of sp³-hybridized carbons (Fsp3) is 0.316. The lowest BCUT2D eigenvalue weighted by atomic mass is 10.1. The normalized spacial score (nSPS) is 15.4. The van der Waals surface area contributed by atoms with Crippen LogP contribution in [0.25, 0.3) is 0 Å². The third-order valence-electron chi connectivity index (χ3n) is 4.71. The number of nitro groups is 1. The number of halogens is 1. The van der Waals surface area contributed by atoms with Gasteiger partial charge in [0.25, 0.3) is 5.69 Å². The van der Waals surface area contributed by atoms with Gasteiger partial charge in [0, 0.05) is 44.4 Å². The number of rotatable bonds is 5. The Morgan fingerprint density at radius 1 is 1.11 bits per heavy atom. The highest BCUT2D eigenvalue weighted by atomic mass is 19.1. The summed E-state index contributed by atoms with van der Waals surface area (Å²) in [5, 5.41) is 11.4. The van der Waals surface area contributed by atoms with E-state index < -0.39 is 10.8 Å². The molecular formula is C19H21FN4O3. The number of hydrogen-bond acceptors (Lipinski definition) is 5. The minimum atomic E-state index is -0.689. The van der Waals surface area contributed by atoms with Crippen LogP contribution in [0.15, 0.2) is 42.5 Å². The van der Waals surface area contributed by atoms with Gasteiger partial charge in [-0.3, -0.25) is 19.8 Å². The Morgan fingerprint density at radius 3 is 2.52 bits per heavy atom. The molecule has 0 aliphatic carbocycles. The molecule has 8 heteroatoms. The average molecular weight is 372 g/mol. The largest absolute Gasteiger partial charge is 0.366 e. The van der Waals surface area contributed by atoms with Gasteiger partial charge in [0.2, 0.25) is 5.91 Å². The molecule has 0 unspecified atom stereocenters. The molecule has 27 heavy (non-hydrogen) atoms. The summed E-state index contributed by atoms with van der Waals surface area (Å²) < 4.78 is 13.0. The van der Waals surface area contributed by atoms with E-state index in [2.05, 4.69) is 4.90 Å². The summed E-state index contributed by atoms with van der Waals surface area (Å²) in [5.74, 6) is -0.946. The Bertz CT molecular complexity index is 841. The van der Waals surface area contributed by atoms with E-state index in [9.17, 15) is 19.3 Å². The van der Waals surface area contributed by atoms with Gasteiger partial charge in [-0.15, -0.1) is 0 Å². The minimum absolute atomic E-state index is 0.113. The Hall–Kier alpha value is -3.00. The van der Waals surface area contributed by atoms with Crippen molar-refractivity contribution in [1.29, 1.82) is 0 Å². The number of nitro benzene ring substituents is 1. The van der Waals surface area contributed by atoms with Crippen molar-refractivity contribution in [3.05, 3.63) is 69.5 Å². The number of anilines is 1. The summed E-state index contributed by atoms with van der Waals surface area (Å²) in [4.78, 5) is 26.5. The standard InChI is InChI=1S/C19H21FN4O3/c20-16-5-2-14(3-6-16)13-22-8-1-9-23(11-10-22)17-7-4-15(19(21)25)12-18(17)24(26)27/h2-7,12H,1,8-11,13H2,(H2,21,25). The molecule has 0 aromatic heterocycles. The van der Waals surface area contributed by atoms with E-state index in [1.165, 1.54) is 24.3 Å². The van der Waals surface area contributed by atoms with Crippen LogP contribution < -0.4 is 10.6 Å². The van der Waals surface area contributed by atoms with Gasteiger partial charge < -0.3 is 10.6 Å². The molecule has 2 aromatic carbocycles. The number of carbonyl (C=O) groups is 1. The van der Waals surface area contributed by atoms with E-state index in [1.807, 2.05) is 4.90 Å². The van der Waals surface area contributed by atoms with E-state index >= 15 is 0 Å². The number of nitrogens with two attached hydrogens (primary N) is 1. The maximum absolute atomic E-state index is 13.0. The first-order valence-corrected chi connectivity index (χ1v) is 8.74. The molecule has 1 aliphatic rings. The number of hydrogen-bond donors (Lipinski definition) is 1. The first-order valence-electron chi connectivity index (χ1n) is 8.74. The molecule has 3 rings (SSSR count). The summed E-state index contributed by atoms with van der Waals surface area (Å²) in [6.45, 7) is 3.58. The lowest BCUT2D eigenvalue weighted by Gasteiger charge is -2.23. The Balaban J connectivity index is 1.73. The summed E-state index contributed by atoms with van der Waals surface area (Å²) in [6, 6.07) is 10.8. The van der Waals surface area contributed by atoms with Gasteiger partial charge in [0.05, 0.1) is 4.92 Å². The Labute approximate surface area is 156 Å². The lowest BCUT2D eigenvalue weighted by Crippen LogP contribution is -2.31. The van der Waals surface area contributed by atoms with Crippen LogP contribution in [0, 0.1) is 15.9 Å². The number of benzene rings is 2. The second kappa shape index (κ2) is 8.13. The van der Waals surface area contributed by atoms with Crippen LogP contribution >= 0.6 is 0 Å². The van der Waals surface area contributed by atoms with Gasteiger partial charge in [-0.2, -0.15) is 0 Å². The van der Waals surface area contributed by atoms with E-state index in [-0.39, 0.29) is 17.1 Å². The molecule has 1 fully saturated rings. The van der Waals surface area contributed by atoms with E-state index in [4.69, 9.17) is 5.73 Å². The Kier molecular flexibility index (Phi) is 5.66. The highest BCUT2D eigenvalue weighted by Crippen LogP contribution is 2.30. The SMILES string of the molecule is NC(=O)c1ccc(N2CCCN(Cc3ccc(F)cc3)CC2)c([N+](=O)[O-])c1. The van der Waals surface area contributed by atoms with E-state index in [0.29, 0.717) is 25.3 Å². The number of carbonyl (C=O) groups excluding carboxylic acids is 1. The van der Waals surface area contributed by atoms with E-state index in [0.717, 1.165) is 25.1 Å². The fourth-order valence-electron chi connectivity index (χ4n) is 3.31. The number of nitrogens with zero attached hydrogens (tertiary/aromatic N) is 3. The maximum Gasteiger partial charge on any atom is 0.293 e. The van der Waals surface area contributed by atoms with Gasteiger partial charge >= 0.3 is 0 Å². The molecule has 0 spiro atoms. The third-order valence-corrected chi connectivity index (χ3v) is 4.71.